The van der Waals surface area contributed by atoms with Crippen molar-refractivity contribution in [3.63, 3.8) is 0 Å². The third-order valence-electron chi connectivity index (χ3n) is 2.19. The molecule has 1 rings (SSSR count). The highest BCUT2D eigenvalue weighted by atomic mass is 16.5. The van der Waals surface area contributed by atoms with E-state index < -0.39 is 0 Å². The summed E-state index contributed by atoms with van der Waals surface area (Å²) in [5.74, 6) is 0. The second-order valence-electron chi connectivity index (χ2n) is 3.30. The van der Waals surface area contributed by atoms with Gasteiger partial charge in [-0.05, 0) is 25.7 Å². The zero-order chi connectivity index (χ0) is 9.36. The molecule has 0 spiro atoms. The predicted octanol–water partition coefficient (Wildman–Crippen LogP) is 1.88. The van der Waals surface area contributed by atoms with Gasteiger partial charge in [0.05, 0.1) is 12.2 Å². The molecule has 0 aliphatic carbocycles. The van der Waals surface area contributed by atoms with Crippen molar-refractivity contribution in [2.24, 2.45) is 0 Å². The highest BCUT2D eigenvalue weighted by Gasteiger charge is 2.14. The summed E-state index contributed by atoms with van der Waals surface area (Å²) in [5, 5.41) is 8.27. The fraction of sp³-hybridized carbons (Fsp3) is 0.900. The average molecular weight is 183 g/mol. The van der Waals surface area contributed by atoms with Crippen LogP contribution in [-0.2, 0) is 9.47 Å². The van der Waals surface area contributed by atoms with Gasteiger partial charge in [-0.15, -0.1) is 0 Å². The summed E-state index contributed by atoms with van der Waals surface area (Å²) >= 11 is 0. The number of nitriles is 1. The van der Waals surface area contributed by atoms with Crippen LogP contribution in [0.2, 0.25) is 0 Å². The Kier molecular flexibility index (Phi) is 5.55. The lowest BCUT2D eigenvalue weighted by molar-refractivity contribution is 0.0589. The molecule has 0 aromatic rings. The van der Waals surface area contributed by atoms with Crippen molar-refractivity contribution >= 4 is 0 Å². The van der Waals surface area contributed by atoms with Gasteiger partial charge in [-0.25, -0.2) is 0 Å². The molecule has 0 N–H and O–H groups in total. The molecule has 0 aromatic heterocycles. The number of hydrogen-bond donors (Lipinski definition) is 0. The van der Waals surface area contributed by atoms with Crippen molar-refractivity contribution in [1.29, 1.82) is 5.26 Å². The Morgan fingerprint density at radius 1 is 1.46 bits per heavy atom. The molecule has 3 heteroatoms. The molecule has 0 amide bonds. The molecule has 1 atom stereocenters. The molecule has 3 nitrogen and oxygen atoms in total. The molecule has 1 aliphatic heterocycles. The maximum Gasteiger partial charge on any atom is 0.0622 e. The van der Waals surface area contributed by atoms with Gasteiger partial charge in [-0.1, -0.05) is 0 Å². The molecule has 74 valence electrons. The quantitative estimate of drug-likeness (QED) is 0.590. The topological polar surface area (TPSA) is 42.2 Å². The monoisotopic (exact) mass is 183 g/mol. The Balaban J connectivity index is 1.81. The van der Waals surface area contributed by atoms with Gasteiger partial charge in [0.1, 0.15) is 0 Å². The highest BCUT2D eigenvalue weighted by molar-refractivity contribution is 4.67. The minimum absolute atomic E-state index is 0.427. The normalized spacial score (nSPS) is 21.6. The van der Waals surface area contributed by atoms with E-state index in [1.54, 1.807) is 0 Å². The minimum atomic E-state index is 0.427. The lowest BCUT2D eigenvalue weighted by atomic mass is 10.2. The molecule has 0 radical (unpaired) electrons. The predicted molar refractivity (Wildman–Crippen MR) is 49.3 cm³/mol. The number of hydrogen-bond acceptors (Lipinski definition) is 3. The van der Waals surface area contributed by atoms with Crippen LogP contribution < -0.4 is 0 Å². The second-order valence-corrected chi connectivity index (χ2v) is 3.30. The fourth-order valence-corrected chi connectivity index (χ4v) is 1.44. The van der Waals surface area contributed by atoms with Crippen LogP contribution in [0.25, 0.3) is 0 Å². The Hall–Kier alpha value is -0.590. The number of ether oxygens (including phenoxy) is 2. The third-order valence-corrected chi connectivity index (χ3v) is 2.19. The summed E-state index contributed by atoms with van der Waals surface area (Å²) in [6.07, 6.45) is 5.26. The van der Waals surface area contributed by atoms with Crippen LogP contribution in [-0.4, -0.2) is 25.9 Å². The van der Waals surface area contributed by atoms with Crippen LogP contribution >= 0.6 is 0 Å². The van der Waals surface area contributed by atoms with E-state index in [2.05, 4.69) is 6.07 Å². The summed E-state index contributed by atoms with van der Waals surface area (Å²) in [5.41, 5.74) is 0. The first-order valence-electron chi connectivity index (χ1n) is 5.00. The van der Waals surface area contributed by atoms with Gasteiger partial charge in [0.15, 0.2) is 0 Å². The van der Waals surface area contributed by atoms with Gasteiger partial charge in [0.25, 0.3) is 0 Å². The zero-order valence-corrected chi connectivity index (χ0v) is 8.00. The van der Waals surface area contributed by atoms with Crippen molar-refractivity contribution < 1.29 is 9.47 Å². The standard InChI is InChI=1S/C10H17NO2/c11-6-1-2-7-12-9-5-10-4-3-8-13-10/h10H,1-5,7-9H2. The van der Waals surface area contributed by atoms with Crippen molar-refractivity contribution in [1.82, 2.24) is 0 Å². The Morgan fingerprint density at radius 3 is 3.08 bits per heavy atom. The maximum absolute atomic E-state index is 8.27. The minimum Gasteiger partial charge on any atom is -0.381 e. The van der Waals surface area contributed by atoms with E-state index >= 15 is 0 Å². The maximum atomic E-state index is 8.27. The van der Waals surface area contributed by atoms with Gasteiger partial charge in [0.2, 0.25) is 0 Å². The first-order chi connectivity index (χ1) is 6.43. The zero-order valence-electron chi connectivity index (χ0n) is 8.00. The first kappa shape index (κ1) is 10.5. The van der Waals surface area contributed by atoms with Crippen LogP contribution in [0.1, 0.15) is 32.1 Å². The van der Waals surface area contributed by atoms with Gasteiger partial charge in [-0.2, -0.15) is 5.26 Å². The molecule has 0 saturated carbocycles. The van der Waals surface area contributed by atoms with E-state index in [0.717, 1.165) is 26.1 Å². The van der Waals surface area contributed by atoms with Crippen molar-refractivity contribution in [3.05, 3.63) is 0 Å². The summed E-state index contributed by atoms with van der Waals surface area (Å²) in [6.45, 7) is 2.40. The van der Waals surface area contributed by atoms with E-state index in [1.165, 1.54) is 12.8 Å². The third kappa shape index (κ3) is 4.87. The van der Waals surface area contributed by atoms with Crippen molar-refractivity contribution in [2.45, 2.75) is 38.2 Å². The molecule has 1 unspecified atom stereocenters. The van der Waals surface area contributed by atoms with E-state index in [4.69, 9.17) is 14.7 Å². The molecular formula is C10H17NO2. The SMILES string of the molecule is N#CCCCOCCC1CCCO1. The molecule has 0 bridgehead atoms. The van der Waals surface area contributed by atoms with Gasteiger partial charge in [-0.3, -0.25) is 0 Å². The molecule has 0 aromatic carbocycles. The van der Waals surface area contributed by atoms with E-state index in [-0.39, 0.29) is 0 Å². The number of unbranched alkanes of at least 4 members (excludes halogenated alkanes) is 1. The first-order valence-corrected chi connectivity index (χ1v) is 5.00. The van der Waals surface area contributed by atoms with Crippen molar-refractivity contribution in [2.75, 3.05) is 19.8 Å². The average Bonchev–Trinajstić information content (AvgIpc) is 2.63. The molecule has 13 heavy (non-hydrogen) atoms. The van der Waals surface area contributed by atoms with Crippen LogP contribution in [0.3, 0.4) is 0 Å². The van der Waals surface area contributed by atoms with Gasteiger partial charge in [0, 0.05) is 26.2 Å². The smallest absolute Gasteiger partial charge is 0.0622 e. The lowest BCUT2D eigenvalue weighted by Gasteiger charge is -2.08. The lowest BCUT2D eigenvalue weighted by Crippen LogP contribution is -2.09. The Morgan fingerprint density at radius 2 is 2.38 bits per heavy atom. The largest absolute Gasteiger partial charge is 0.381 e. The van der Waals surface area contributed by atoms with Crippen LogP contribution in [0.4, 0.5) is 0 Å². The van der Waals surface area contributed by atoms with Gasteiger partial charge >= 0.3 is 0 Å². The molecule has 1 heterocycles. The van der Waals surface area contributed by atoms with E-state index in [0.29, 0.717) is 19.1 Å². The summed E-state index contributed by atoms with van der Waals surface area (Å²) < 4.78 is 10.8. The second kappa shape index (κ2) is 6.88. The van der Waals surface area contributed by atoms with E-state index in [1.807, 2.05) is 0 Å². The Bertz CT molecular complexity index is 159. The molecule has 1 aliphatic rings. The van der Waals surface area contributed by atoms with Crippen LogP contribution in [0.5, 0.6) is 0 Å². The van der Waals surface area contributed by atoms with Crippen LogP contribution in [0.15, 0.2) is 0 Å². The summed E-state index contributed by atoms with van der Waals surface area (Å²) in [7, 11) is 0. The van der Waals surface area contributed by atoms with Crippen LogP contribution in [0, 0.1) is 11.3 Å². The number of nitrogens with zero attached hydrogens (tertiary/aromatic N) is 1. The fourth-order valence-electron chi connectivity index (χ4n) is 1.44. The summed E-state index contributed by atoms with van der Waals surface area (Å²) in [4.78, 5) is 0. The van der Waals surface area contributed by atoms with E-state index in [9.17, 15) is 0 Å². The summed E-state index contributed by atoms with van der Waals surface area (Å²) in [6, 6.07) is 2.10. The molecule has 1 saturated heterocycles. The van der Waals surface area contributed by atoms with Crippen molar-refractivity contribution in [3.8, 4) is 6.07 Å². The highest BCUT2D eigenvalue weighted by Crippen LogP contribution is 2.14. The molecule has 1 fully saturated rings. The molecular weight excluding hydrogens is 166 g/mol. The Labute approximate surface area is 79.6 Å². The number of rotatable bonds is 6. The van der Waals surface area contributed by atoms with Gasteiger partial charge < -0.3 is 9.47 Å².